The van der Waals surface area contributed by atoms with Crippen molar-refractivity contribution in [1.29, 1.82) is 0 Å². The molecule has 4 rings (SSSR count). The number of benzene rings is 1. The Balaban J connectivity index is 1.63. The van der Waals surface area contributed by atoms with Crippen LogP contribution in [0.1, 0.15) is 38.1 Å². The van der Waals surface area contributed by atoms with Crippen LogP contribution in [0.15, 0.2) is 23.6 Å². The smallest absolute Gasteiger partial charge is 0.268 e. The van der Waals surface area contributed by atoms with E-state index in [0.717, 1.165) is 42.2 Å². The van der Waals surface area contributed by atoms with Crippen molar-refractivity contribution in [3.8, 4) is 17.0 Å². The van der Waals surface area contributed by atoms with E-state index in [-0.39, 0.29) is 18.4 Å². The quantitative estimate of drug-likeness (QED) is 0.763. The summed E-state index contributed by atoms with van der Waals surface area (Å²) < 4.78 is 5.93. The van der Waals surface area contributed by atoms with E-state index >= 15 is 0 Å². The molecule has 154 valence electrons. The number of amides is 2. The van der Waals surface area contributed by atoms with Crippen molar-refractivity contribution in [3.63, 3.8) is 0 Å². The standard InChI is InChI=1S/C22H27N3O3S/c1-4-19-22(27)25(12-21(26)24-9-7-14(2)8-10-24)18-11-16(5-6-20(18)28-19)17-13-29-15(3)23-17/h5-6,11,13-14,19H,4,7-10,12H2,1-3H3. The van der Waals surface area contributed by atoms with Crippen molar-refractivity contribution >= 4 is 28.8 Å². The number of rotatable bonds is 4. The average molecular weight is 414 g/mol. The third-order valence-corrected chi connectivity index (χ3v) is 6.55. The second kappa shape index (κ2) is 8.14. The lowest BCUT2D eigenvalue weighted by molar-refractivity contribution is -0.134. The zero-order chi connectivity index (χ0) is 20.5. The number of piperidine rings is 1. The molecule has 1 unspecified atom stereocenters. The summed E-state index contributed by atoms with van der Waals surface area (Å²) in [6.07, 6.45) is 2.05. The Labute approximate surface area is 175 Å². The zero-order valence-electron chi connectivity index (χ0n) is 17.2. The second-order valence-corrected chi connectivity index (χ2v) is 9.00. The number of anilines is 1. The van der Waals surface area contributed by atoms with Gasteiger partial charge < -0.3 is 9.64 Å². The Hall–Kier alpha value is -2.41. The molecule has 1 saturated heterocycles. The van der Waals surface area contributed by atoms with Gasteiger partial charge in [0.25, 0.3) is 5.91 Å². The van der Waals surface area contributed by atoms with Crippen molar-refractivity contribution in [3.05, 3.63) is 28.6 Å². The van der Waals surface area contributed by atoms with Gasteiger partial charge in [0.2, 0.25) is 5.91 Å². The van der Waals surface area contributed by atoms with Gasteiger partial charge in [-0.05, 0) is 50.3 Å². The van der Waals surface area contributed by atoms with Gasteiger partial charge in [-0.3, -0.25) is 14.5 Å². The van der Waals surface area contributed by atoms with Crippen molar-refractivity contribution in [2.45, 2.75) is 46.1 Å². The van der Waals surface area contributed by atoms with E-state index in [9.17, 15) is 9.59 Å². The molecular weight excluding hydrogens is 386 g/mol. The molecule has 0 radical (unpaired) electrons. The molecule has 2 amide bonds. The lowest BCUT2D eigenvalue weighted by Crippen LogP contribution is -2.51. The number of fused-ring (bicyclic) bond motifs is 1. The molecule has 0 aliphatic carbocycles. The van der Waals surface area contributed by atoms with Gasteiger partial charge in [0.1, 0.15) is 12.3 Å². The third kappa shape index (κ3) is 4.01. The number of thiazole rings is 1. The van der Waals surface area contributed by atoms with Crippen LogP contribution in [-0.2, 0) is 9.59 Å². The van der Waals surface area contributed by atoms with Crippen LogP contribution in [0.3, 0.4) is 0 Å². The first-order valence-corrected chi connectivity index (χ1v) is 11.2. The van der Waals surface area contributed by atoms with E-state index < -0.39 is 6.10 Å². The summed E-state index contributed by atoms with van der Waals surface area (Å²) in [6.45, 7) is 7.69. The highest BCUT2D eigenvalue weighted by Crippen LogP contribution is 2.38. The number of hydrogen-bond acceptors (Lipinski definition) is 5. The number of likely N-dealkylation sites (tertiary alicyclic amines) is 1. The molecule has 1 aromatic carbocycles. The van der Waals surface area contributed by atoms with Crippen molar-refractivity contribution in [1.82, 2.24) is 9.88 Å². The lowest BCUT2D eigenvalue weighted by Gasteiger charge is -2.36. The summed E-state index contributed by atoms with van der Waals surface area (Å²) in [5.74, 6) is 1.15. The minimum Gasteiger partial charge on any atom is -0.478 e. The van der Waals surface area contributed by atoms with E-state index in [2.05, 4.69) is 11.9 Å². The van der Waals surface area contributed by atoms with Gasteiger partial charge in [0, 0.05) is 24.0 Å². The van der Waals surface area contributed by atoms with Crippen LogP contribution in [0.2, 0.25) is 0 Å². The first-order chi connectivity index (χ1) is 14.0. The monoisotopic (exact) mass is 413 g/mol. The Morgan fingerprint density at radius 1 is 1.31 bits per heavy atom. The van der Waals surface area contributed by atoms with Crippen molar-refractivity contribution < 1.29 is 14.3 Å². The molecule has 3 heterocycles. The van der Waals surface area contributed by atoms with Crippen molar-refractivity contribution in [2.24, 2.45) is 5.92 Å². The van der Waals surface area contributed by atoms with E-state index in [1.54, 1.807) is 16.2 Å². The molecule has 0 saturated carbocycles. The first kappa shape index (κ1) is 19.9. The predicted molar refractivity (Wildman–Crippen MR) is 114 cm³/mol. The van der Waals surface area contributed by atoms with Crippen LogP contribution >= 0.6 is 11.3 Å². The fraction of sp³-hybridized carbons (Fsp3) is 0.500. The zero-order valence-corrected chi connectivity index (χ0v) is 18.0. The average Bonchev–Trinajstić information content (AvgIpc) is 3.16. The summed E-state index contributed by atoms with van der Waals surface area (Å²) in [5, 5.41) is 2.99. The molecule has 2 aliphatic rings. The topological polar surface area (TPSA) is 62.7 Å². The molecule has 0 spiro atoms. The minimum absolute atomic E-state index is 0.00265. The maximum atomic E-state index is 13.1. The highest BCUT2D eigenvalue weighted by molar-refractivity contribution is 7.09. The second-order valence-electron chi connectivity index (χ2n) is 7.94. The molecule has 7 heteroatoms. The Kier molecular flexibility index (Phi) is 5.58. The maximum absolute atomic E-state index is 13.1. The molecule has 29 heavy (non-hydrogen) atoms. The summed E-state index contributed by atoms with van der Waals surface area (Å²) >= 11 is 1.59. The van der Waals surface area contributed by atoms with Crippen LogP contribution < -0.4 is 9.64 Å². The van der Waals surface area contributed by atoms with Crippen LogP contribution in [-0.4, -0.2) is 47.4 Å². The molecule has 6 nitrogen and oxygen atoms in total. The highest BCUT2D eigenvalue weighted by atomic mass is 32.1. The number of aryl methyl sites for hydroxylation is 1. The minimum atomic E-state index is -0.552. The molecular formula is C22H27N3O3S. The lowest BCUT2D eigenvalue weighted by atomic mass is 9.99. The number of hydrogen-bond donors (Lipinski definition) is 0. The van der Waals surface area contributed by atoms with Gasteiger partial charge in [0.15, 0.2) is 6.10 Å². The van der Waals surface area contributed by atoms with Gasteiger partial charge in [-0.15, -0.1) is 11.3 Å². The van der Waals surface area contributed by atoms with E-state index in [0.29, 0.717) is 23.8 Å². The Morgan fingerprint density at radius 2 is 2.07 bits per heavy atom. The maximum Gasteiger partial charge on any atom is 0.268 e. The Bertz CT molecular complexity index is 918. The number of carbonyl (C=O) groups is 2. The summed E-state index contributed by atoms with van der Waals surface area (Å²) in [7, 11) is 0. The fourth-order valence-corrected chi connectivity index (χ4v) is 4.52. The van der Waals surface area contributed by atoms with Crippen molar-refractivity contribution in [2.75, 3.05) is 24.5 Å². The number of nitrogens with zero attached hydrogens (tertiary/aromatic N) is 3. The largest absolute Gasteiger partial charge is 0.478 e. The normalized spacial score (nSPS) is 19.8. The SMILES string of the molecule is CCC1Oc2ccc(-c3csc(C)n3)cc2N(CC(=O)N2CCC(C)CC2)C1=O. The van der Waals surface area contributed by atoms with Gasteiger partial charge in [0.05, 0.1) is 16.4 Å². The summed E-state index contributed by atoms with van der Waals surface area (Å²) in [5.41, 5.74) is 2.45. The predicted octanol–water partition coefficient (Wildman–Crippen LogP) is 3.88. The van der Waals surface area contributed by atoms with Crippen LogP contribution in [0, 0.1) is 12.8 Å². The molecule has 1 fully saturated rings. The Morgan fingerprint density at radius 3 is 2.72 bits per heavy atom. The molecule has 0 N–H and O–H groups in total. The third-order valence-electron chi connectivity index (χ3n) is 5.78. The van der Waals surface area contributed by atoms with E-state index in [4.69, 9.17) is 4.74 Å². The van der Waals surface area contributed by atoms with E-state index in [1.807, 2.05) is 42.3 Å². The molecule has 1 atom stereocenters. The number of ether oxygens (including phenoxy) is 1. The van der Waals surface area contributed by atoms with E-state index in [1.165, 1.54) is 0 Å². The van der Waals surface area contributed by atoms with Gasteiger partial charge in [-0.1, -0.05) is 13.8 Å². The molecule has 2 aromatic rings. The van der Waals surface area contributed by atoms with Gasteiger partial charge in [-0.2, -0.15) is 0 Å². The molecule has 2 aliphatic heterocycles. The first-order valence-electron chi connectivity index (χ1n) is 10.3. The fourth-order valence-electron chi connectivity index (χ4n) is 3.89. The van der Waals surface area contributed by atoms with Gasteiger partial charge in [-0.25, -0.2) is 4.98 Å². The number of aromatic nitrogens is 1. The number of carbonyl (C=O) groups excluding carboxylic acids is 2. The van der Waals surface area contributed by atoms with Crippen LogP contribution in [0.25, 0.3) is 11.3 Å². The van der Waals surface area contributed by atoms with Gasteiger partial charge >= 0.3 is 0 Å². The molecule has 1 aromatic heterocycles. The van der Waals surface area contributed by atoms with Crippen LogP contribution in [0.4, 0.5) is 5.69 Å². The summed E-state index contributed by atoms with van der Waals surface area (Å²) in [6, 6.07) is 5.76. The summed E-state index contributed by atoms with van der Waals surface area (Å²) in [4.78, 5) is 34.1. The molecule has 0 bridgehead atoms. The van der Waals surface area contributed by atoms with Crippen LogP contribution in [0.5, 0.6) is 5.75 Å². The highest BCUT2D eigenvalue weighted by Gasteiger charge is 2.36.